The van der Waals surface area contributed by atoms with Gasteiger partial charge in [-0.15, -0.1) is 11.8 Å². The van der Waals surface area contributed by atoms with Crippen molar-refractivity contribution in [2.24, 2.45) is 4.40 Å². The van der Waals surface area contributed by atoms with E-state index in [-0.39, 0.29) is 0 Å². The van der Waals surface area contributed by atoms with Gasteiger partial charge in [-0.2, -0.15) is 0 Å². The molecule has 0 aliphatic carbocycles. The molecular formula is C15H15NS2. The van der Waals surface area contributed by atoms with Crippen molar-refractivity contribution in [3.63, 3.8) is 0 Å². The van der Waals surface area contributed by atoms with Crippen molar-refractivity contribution in [1.29, 1.82) is 0 Å². The molecule has 0 aromatic heterocycles. The monoisotopic (exact) mass is 273 g/mol. The molecule has 18 heavy (non-hydrogen) atoms. The summed E-state index contributed by atoms with van der Waals surface area (Å²) in [7, 11) is 0. The SMILES string of the molecule is C/C(CSc1ccccc1)=N/Sc1ccccc1. The Hall–Kier alpha value is -1.19. The van der Waals surface area contributed by atoms with Crippen LogP contribution < -0.4 is 0 Å². The first kappa shape index (κ1) is 13.2. The van der Waals surface area contributed by atoms with Crippen LogP contribution in [0.5, 0.6) is 0 Å². The van der Waals surface area contributed by atoms with Crippen molar-refractivity contribution in [3.05, 3.63) is 60.7 Å². The summed E-state index contributed by atoms with van der Waals surface area (Å²) in [6.45, 7) is 2.08. The minimum atomic E-state index is 0.934. The van der Waals surface area contributed by atoms with Gasteiger partial charge in [-0.3, -0.25) is 0 Å². The van der Waals surface area contributed by atoms with E-state index in [0.29, 0.717) is 0 Å². The van der Waals surface area contributed by atoms with E-state index >= 15 is 0 Å². The van der Waals surface area contributed by atoms with E-state index in [4.69, 9.17) is 0 Å². The first-order valence-corrected chi connectivity index (χ1v) is 7.54. The summed E-state index contributed by atoms with van der Waals surface area (Å²) in [4.78, 5) is 2.47. The Kier molecular flexibility index (Phi) is 5.36. The molecule has 0 bridgehead atoms. The molecule has 0 heterocycles. The third-order valence-corrected chi connectivity index (χ3v) is 4.29. The van der Waals surface area contributed by atoms with Gasteiger partial charge in [-0.05, 0) is 31.2 Å². The van der Waals surface area contributed by atoms with E-state index in [9.17, 15) is 0 Å². The Morgan fingerprint density at radius 3 is 2.06 bits per heavy atom. The van der Waals surface area contributed by atoms with Crippen LogP contribution in [0.3, 0.4) is 0 Å². The van der Waals surface area contributed by atoms with Crippen LogP contribution in [0.15, 0.2) is 74.9 Å². The normalized spacial score (nSPS) is 11.5. The van der Waals surface area contributed by atoms with Crippen LogP contribution >= 0.6 is 23.7 Å². The van der Waals surface area contributed by atoms with Crippen molar-refractivity contribution in [2.75, 3.05) is 5.75 Å². The molecular weight excluding hydrogens is 258 g/mol. The van der Waals surface area contributed by atoms with Crippen molar-refractivity contribution < 1.29 is 0 Å². The summed E-state index contributed by atoms with van der Waals surface area (Å²) >= 11 is 3.36. The smallest absolute Gasteiger partial charge is 0.0370 e. The Balaban J connectivity index is 1.83. The Bertz CT molecular complexity index is 494. The molecule has 0 amide bonds. The summed E-state index contributed by atoms with van der Waals surface area (Å²) in [6, 6.07) is 20.7. The second-order valence-corrected chi connectivity index (χ2v) is 5.72. The largest absolute Gasteiger partial charge is 0.220 e. The molecule has 3 heteroatoms. The highest BCUT2D eigenvalue weighted by atomic mass is 32.2. The molecule has 0 aliphatic rings. The number of hydrogen-bond acceptors (Lipinski definition) is 3. The molecule has 0 saturated carbocycles. The number of benzene rings is 2. The van der Waals surface area contributed by atoms with Crippen molar-refractivity contribution in [1.82, 2.24) is 0 Å². The number of nitrogens with zero attached hydrogens (tertiary/aromatic N) is 1. The van der Waals surface area contributed by atoms with Gasteiger partial charge in [0.05, 0.1) is 0 Å². The Labute approximate surface area is 117 Å². The maximum absolute atomic E-state index is 4.52. The molecule has 0 aliphatic heterocycles. The molecule has 0 saturated heterocycles. The van der Waals surface area contributed by atoms with Crippen LogP contribution in [0.4, 0.5) is 0 Å². The van der Waals surface area contributed by atoms with Gasteiger partial charge >= 0.3 is 0 Å². The zero-order valence-corrected chi connectivity index (χ0v) is 11.9. The van der Waals surface area contributed by atoms with Crippen LogP contribution in [-0.2, 0) is 0 Å². The van der Waals surface area contributed by atoms with Crippen LogP contribution in [0.2, 0.25) is 0 Å². The zero-order chi connectivity index (χ0) is 12.6. The molecule has 2 aromatic carbocycles. The molecule has 2 rings (SSSR count). The van der Waals surface area contributed by atoms with Crippen LogP contribution in [0.25, 0.3) is 0 Å². The van der Waals surface area contributed by atoms with Gasteiger partial charge < -0.3 is 0 Å². The quantitative estimate of drug-likeness (QED) is 0.434. The van der Waals surface area contributed by atoms with E-state index in [2.05, 4.69) is 47.7 Å². The molecule has 1 nitrogen and oxygen atoms in total. The third-order valence-electron chi connectivity index (χ3n) is 2.24. The van der Waals surface area contributed by atoms with Gasteiger partial charge in [0.25, 0.3) is 0 Å². The molecule has 0 fully saturated rings. The van der Waals surface area contributed by atoms with Gasteiger partial charge in [-0.25, -0.2) is 4.40 Å². The number of thioether (sulfide) groups is 1. The standard InChI is InChI=1S/C15H15NS2/c1-13(12-17-14-8-4-2-5-9-14)16-18-15-10-6-3-7-11-15/h2-11H,12H2,1H3/b16-13-. The van der Waals surface area contributed by atoms with Crippen LogP contribution in [0, 0.1) is 0 Å². The first-order chi connectivity index (χ1) is 8.84. The maximum atomic E-state index is 4.52. The van der Waals surface area contributed by atoms with Crippen LogP contribution in [0.1, 0.15) is 6.92 Å². The average molecular weight is 273 g/mol. The Morgan fingerprint density at radius 1 is 0.889 bits per heavy atom. The van der Waals surface area contributed by atoms with E-state index in [0.717, 1.165) is 11.5 Å². The molecule has 0 unspecified atom stereocenters. The maximum Gasteiger partial charge on any atom is 0.0370 e. The molecule has 2 aromatic rings. The fourth-order valence-electron chi connectivity index (χ4n) is 1.34. The van der Waals surface area contributed by atoms with Crippen molar-refractivity contribution in [2.45, 2.75) is 16.7 Å². The lowest BCUT2D eigenvalue weighted by Gasteiger charge is -2.01. The van der Waals surface area contributed by atoms with E-state index in [1.165, 1.54) is 21.7 Å². The average Bonchev–Trinajstić information content (AvgIpc) is 2.45. The van der Waals surface area contributed by atoms with Crippen molar-refractivity contribution in [3.8, 4) is 0 Å². The van der Waals surface area contributed by atoms with Crippen molar-refractivity contribution >= 4 is 29.4 Å². The summed E-state index contributed by atoms with van der Waals surface area (Å²) in [6.07, 6.45) is 0. The molecule has 0 spiro atoms. The summed E-state index contributed by atoms with van der Waals surface area (Å²) in [5, 5.41) is 0. The lowest BCUT2D eigenvalue weighted by Crippen LogP contribution is -1.93. The predicted octanol–water partition coefficient (Wildman–Crippen LogP) is 4.95. The minimum absolute atomic E-state index is 0.934. The lowest BCUT2D eigenvalue weighted by atomic mass is 10.4. The van der Waals surface area contributed by atoms with E-state index in [1.54, 1.807) is 0 Å². The topological polar surface area (TPSA) is 12.4 Å². The second kappa shape index (κ2) is 7.29. The number of rotatable bonds is 5. The third kappa shape index (κ3) is 4.59. The molecule has 0 N–H and O–H groups in total. The number of hydrogen-bond donors (Lipinski definition) is 0. The predicted molar refractivity (Wildman–Crippen MR) is 82.6 cm³/mol. The zero-order valence-electron chi connectivity index (χ0n) is 10.2. The summed E-state index contributed by atoms with van der Waals surface area (Å²) < 4.78 is 4.52. The first-order valence-electron chi connectivity index (χ1n) is 5.78. The van der Waals surface area contributed by atoms with E-state index < -0.39 is 0 Å². The minimum Gasteiger partial charge on any atom is -0.220 e. The highest BCUT2D eigenvalue weighted by molar-refractivity contribution is 8.00. The molecule has 0 radical (unpaired) electrons. The van der Waals surface area contributed by atoms with Gasteiger partial charge in [0.15, 0.2) is 0 Å². The highest BCUT2D eigenvalue weighted by Gasteiger charge is 1.96. The van der Waals surface area contributed by atoms with Gasteiger partial charge in [0.2, 0.25) is 0 Å². The molecule has 0 atom stereocenters. The highest BCUT2D eigenvalue weighted by Crippen LogP contribution is 2.21. The van der Waals surface area contributed by atoms with E-state index in [1.807, 2.05) is 36.0 Å². The summed E-state index contributed by atoms with van der Waals surface area (Å²) in [5.74, 6) is 0.934. The lowest BCUT2D eigenvalue weighted by molar-refractivity contribution is 1.45. The molecule has 92 valence electrons. The van der Waals surface area contributed by atoms with Crippen LogP contribution in [-0.4, -0.2) is 11.5 Å². The van der Waals surface area contributed by atoms with Gasteiger partial charge in [0.1, 0.15) is 0 Å². The Morgan fingerprint density at radius 2 is 1.44 bits per heavy atom. The fourth-order valence-corrected chi connectivity index (χ4v) is 2.82. The van der Waals surface area contributed by atoms with Gasteiger partial charge in [0, 0.05) is 33.2 Å². The summed E-state index contributed by atoms with van der Waals surface area (Å²) in [5.41, 5.74) is 1.15. The second-order valence-electron chi connectivity index (χ2n) is 3.83. The fraction of sp³-hybridized carbons (Fsp3) is 0.133. The van der Waals surface area contributed by atoms with Gasteiger partial charge in [-0.1, -0.05) is 36.4 Å².